The van der Waals surface area contributed by atoms with Crippen LogP contribution in [0.1, 0.15) is 32.7 Å². The van der Waals surface area contributed by atoms with E-state index in [-0.39, 0.29) is 30.5 Å². The van der Waals surface area contributed by atoms with Crippen LogP contribution in [-0.4, -0.2) is 129 Å². The lowest BCUT2D eigenvalue weighted by Crippen LogP contribution is -2.38. The van der Waals surface area contributed by atoms with Gasteiger partial charge in [-0.25, -0.2) is 19.9 Å². The molecule has 2 saturated carbocycles. The van der Waals surface area contributed by atoms with Gasteiger partial charge in [0.15, 0.2) is 11.1 Å². The molecular weight excluding hydrogens is 544 g/mol. The topological polar surface area (TPSA) is 211 Å². The fourth-order valence-corrected chi connectivity index (χ4v) is 6.73. The Morgan fingerprint density at radius 3 is 2.31 bits per heavy atom. The Morgan fingerprint density at radius 1 is 0.929 bits per heavy atom. The summed E-state index contributed by atoms with van der Waals surface area (Å²) < 4.78 is 11.8. The minimum absolute atomic E-state index is 0.0807. The monoisotopic (exact) mass is 582 g/mol. The Labute approximate surface area is 241 Å². The zero-order chi connectivity index (χ0) is 30.0. The molecule has 7 N–H and O–H groups in total. The Kier molecular flexibility index (Phi) is 6.61. The minimum Gasteiger partial charge on any atom is -0.389 e. The first-order valence-electron chi connectivity index (χ1n) is 14.8. The second kappa shape index (κ2) is 10.6. The van der Waals surface area contributed by atoms with Crippen LogP contribution in [0.15, 0.2) is 30.1 Å². The molecule has 9 atom stereocenters. The van der Waals surface area contributed by atoms with Crippen molar-refractivity contribution in [2.24, 2.45) is 4.99 Å². The summed E-state index contributed by atoms with van der Waals surface area (Å²) in [6, 6.07) is -1.44. The van der Waals surface area contributed by atoms with Crippen LogP contribution < -0.4 is 21.0 Å². The molecule has 1 aliphatic heterocycles. The normalized spacial score (nSPS) is 34.3. The molecule has 5 heterocycles. The van der Waals surface area contributed by atoms with Gasteiger partial charge in [0.05, 0.1) is 55.5 Å². The molecule has 4 aromatic rings. The van der Waals surface area contributed by atoms with E-state index in [1.807, 2.05) is 9.47 Å². The maximum Gasteiger partial charge on any atom is 0.227 e. The van der Waals surface area contributed by atoms with Gasteiger partial charge in [-0.05, 0) is 33.4 Å². The van der Waals surface area contributed by atoms with Crippen molar-refractivity contribution in [3.63, 3.8) is 0 Å². The van der Waals surface area contributed by atoms with Crippen LogP contribution in [0.3, 0.4) is 0 Å². The first-order valence-corrected chi connectivity index (χ1v) is 14.3. The molecule has 3 fully saturated rings. The van der Waals surface area contributed by atoms with Gasteiger partial charge in [0.1, 0.15) is 30.3 Å². The van der Waals surface area contributed by atoms with Crippen molar-refractivity contribution >= 4 is 28.3 Å². The number of aliphatic hydroxyl groups excluding tert-OH is 4. The van der Waals surface area contributed by atoms with E-state index in [1.165, 1.54) is 0 Å². The number of aromatic nitrogens is 8. The summed E-state index contributed by atoms with van der Waals surface area (Å²) >= 11 is 0. The molecule has 42 heavy (non-hydrogen) atoms. The number of nitrogens with zero attached hydrogens (tertiary/aromatic N) is 9. The van der Waals surface area contributed by atoms with Crippen molar-refractivity contribution < 1.29 is 21.8 Å². The molecule has 4 aromatic heterocycles. The maximum absolute atomic E-state index is 10.7. The van der Waals surface area contributed by atoms with Crippen LogP contribution in [-0.2, 0) is 0 Å². The highest BCUT2D eigenvalue weighted by Crippen LogP contribution is 2.34. The van der Waals surface area contributed by atoms with Crippen molar-refractivity contribution in [2.45, 2.75) is 73.9 Å². The van der Waals surface area contributed by atoms with Gasteiger partial charge in [0.25, 0.3) is 0 Å². The number of aliphatic hydroxyl groups is 4. The van der Waals surface area contributed by atoms with Crippen molar-refractivity contribution in [2.75, 3.05) is 32.1 Å². The number of nitrogens with one attached hydrogen (secondary N) is 3. The molecular formula is C26H36N12O4. The lowest BCUT2D eigenvalue weighted by Gasteiger charge is -2.19. The van der Waals surface area contributed by atoms with Crippen LogP contribution in [0.5, 0.6) is 0 Å². The average Bonchev–Trinajstić information content (AvgIpc) is 3.82. The van der Waals surface area contributed by atoms with Gasteiger partial charge in [-0.3, -0.25) is 4.99 Å². The van der Waals surface area contributed by atoms with E-state index in [2.05, 4.69) is 35.6 Å². The van der Waals surface area contributed by atoms with E-state index in [9.17, 15) is 20.4 Å². The molecule has 224 valence electrons. The number of aromatic amines is 1. The summed E-state index contributed by atoms with van der Waals surface area (Å²) in [5.74, 6) is 0.517. The highest BCUT2D eigenvalue weighted by molar-refractivity contribution is 5.71. The number of hydrogen-bond donors (Lipinski definition) is 7. The number of H-pyrrole nitrogens is 1. The molecule has 0 spiro atoms. The molecule has 0 amide bonds. The Balaban J connectivity index is 1.15. The molecule has 7 rings (SSSR count). The second-order valence-corrected chi connectivity index (χ2v) is 11.4. The number of rotatable bonds is 6. The zero-order valence-corrected chi connectivity index (χ0v) is 23.3. The average molecular weight is 583 g/mol. The first-order chi connectivity index (χ1) is 20.8. The third-order valence-electron chi connectivity index (χ3n) is 9.16. The van der Waals surface area contributed by atoms with E-state index < -0.39 is 30.5 Å². The number of hydrogen-bond acceptors (Lipinski definition) is 13. The summed E-state index contributed by atoms with van der Waals surface area (Å²) in [5.41, 5.74) is 2.53. The summed E-state index contributed by atoms with van der Waals surface area (Å²) in [5, 5.41) is 48.3. The predicted octanol–water partition coefficient (Wildman–Crippen LogP) is -2.41. The van der Waals surface area contributed by atoms with Crippen LogP contribution in [0.25, 0.3) is 22.3 Å². The van der Waals surface area contributed by atoms with Crippen LogP contribution in [0.2, 0.25) is 0 Å². The minimum atomic E-state index is -0.991. The van der Waals surface area contributed by atoms with E-state index in [0.717, 1.165) is 0 Å². The number of anilines is 1. The molecule has 1 saturated heterocycles. The highest BCUT2D eigenvalue weighted by atomic mass is 16.3. The van der Waals surface area contributed by atoms with Crippen LogP contribution >= 0.6 is 0 Å². The van der Waals surface area contributed by atoms with Gasteiger partial charge < -0.3 is 50.1 Å². The smallest absolute Gasteiger partial charge is 0.227 e. The van der Waals surface area contributed by atoms with Gasteiger partial charge in [-0.2, -0.15) is 4.98 Å². The molecule has 0 aromatic carbocycles. The van der Waals surface area contributed by atoms with Gasteiger partial charge in [-0.1, -0.05) is 0 Å². The van der Waals surface area contributed by atoms with Crippen molar-refractivity contribution in [1.29, 1.82) is 0 Å². The fourth-order valence-electron chi connectivity index (χ4n) is 6.73. The second-order valence-electron chi connectivity index (χ2n) is 11.4. The van der Waals surface area contributed by atoms with Crippen molar-refractivity contribution in [1.82, 2.24) is 49.7 Å². The van der Waals surface area contributed by atoms with E-state index in [4.69, 9.17) is 11.3 Å². The summed E-state index contributed by atoms with van der Waals surface area (Å²) in [6.45, 7) is 1.18. The van der Waals surface area contributed by atoms with Gasteiger partial charge in [-0.15, -0.1) is 0 Å². The van der Waals surface area contributed by atoms with E-state index in [1.54, 1.807) is 37.5 Å². The quantitative estimate of drug-likeness (QED) is 0.127. The molecule has 3 aliphatic rings. The summed E-state index contributed by atoms with van der Waals surface area (Å²) in [4.78, 5) is 32.4. The Bertz CT molecular complexity index is 1710. The molecule has 0 bridgehead atoms. The van der Waals surface area contributed by atoms with Crippen molar-refractivity contribution in [3.8, 4) is 0 Å². The van der Waals surface area contributed by atoms with E-state index in [0.29, 0.717) is 66.1 Å². The van der Waals surface area contributed by atoms with Crippen LogP contribution in [0, 0.1) is 0 Å². The zero-order valence-electron chi connectivity index (χ0n) is 24.3. The first kappa shape index (κ1) is 26.1. The maximum atomic E-state index is 10.7. The molecule has 2 aliphatic carbocycles. The molecule has 16 nitrogen and oxygen atoms in total. The Morgan fingerprint density at radius 2 is 1.62 bits per heavy atom. The van der Waals surface area contributed by atoms with Crippen LogP contribution in [0.4, 0.5) is 5.95 Å². The summed E-state index contributed by atoms with van der Waals surface area (Å²) in [7, 11) is 3.51. The lowest BCUT2D eigenvalue weighted by molar-refractivity contribution is 0.0151. The highest BCUT2D eigenvalue weighted by Gasteiger charge is 2.43. The van der Waals surface area contributed by atoms with Gasteiger partial charge in [0.2, 0.25) is 5.95 Å². The number of imidazole rings is 2. The predicted molar refractivity (Wildman–Crippen MR) is 150 cm³/mol. The van der Waals surface area contributed by atoms with Crippen molar-refractivity contribution in [3.05, 3.63) is 30.6 Å². The standard InChI is InChI=1S/C26H36N12O4/c1-27-13-5-16(21(41)19(13)39)37-10-32-15-7-29-26(35-24(15)37)36-4-3-12(8-36)34-23-18-25(31-9-30-23)38(11-33-18)17-6-14(28-2)20(40)22(17)42/h7,9-14,16-17,19-22,27-28,39-42H,3-6,8H2,1-2H3,(H,30,31,34)/t12-,13-,14-,16+,17+,19-,20-,21+,22+/m0/s1/i9T. The summed E-state index contributed by atoms with van der Waals surface area (Å²) in [6.07, 6.45) is 2.80. The number of likely N-dealkylation sites (N-methyl/N-ethyl adjacent to an activating group) is 2. The van der Waals surface area contributed by atoms with Gasteiger partial charge >= 0.3 is 0 Å². The molecule has 0 unspecified atom stereocenters. The third-order valence-corrected chi connectivity index (χ3v) is 9.16. The molecule has 0 radical (unpaired) electrons. The fraction of sp³-hybridized carbons (Fsp3) is 0.615. The molecule has 16 heteroatoms. The Hall–Kier alpha value is -3.54. The SMILES string of the molecule is [3H]c1nc(=N[C@H]2CCN(c3ncc4ncn([C@@H]5C[C@H](NC)[C@H](O)[C@@H]5O)c4n3)C2)c2ncn([C@@H]3C[C@H](NC)[C@H](O)[C@@H]3O)c2[nH]1. The largest absolute Gasteiger partial charge is 0.389 e. The number of fused-ring (bicyclic) bond motifs is 2. The third kappa shape index (κ3) is 4.37. The lowest BCUT2D eigenvalue weighted by atomic mass is 10.2. The van der Waals surface area contributed by atoms with Gasteiger partial charge in [0, 0.05) is 25.2 Å². The van der Waals surface area contributed by atoms with E-state index >= 15 is 0 Å².